The molecule has 2 N–H and O–H groups in total. The Kier molecular flexibility index (Phi) is 3.97. The highest BCUT2D eigenvalue weighted by Gasteiger charge is 2.18. The molecule has 0 saturated heterocycles. The van der Waals surface area contributed by atoms with Crippen LogP contribution in [0.1, 0.15) is 17.3 Å². The molecule has 94 valence electrons. The van der Waals surface area contributed by atoms with Crippen LogP contribution in [0.4, 0.5) is 0 Å². The Labute approximate surface area is 110 Å². The van der Waals surface area contributed by atoms with Gasteiger partial charge in [-0.25, -0.2) is 0 Å². The summed E-state index contributed by atoms with van der Waals surface area (Å²) in [5.74, 6) is -0.232. The molecule has 2 aromatic rings. The number of ether oxygens (including phenoxy) is 1. The molecular formula is C14H14ClNO2. The van der Waals surface area contributed by atoms with Crippen molar-refractivity contribution in [3.05, 3.63) is 47.0 Å². The topological polar surface area (TPSA) is 52.3 Å². The standard InChI is InChI=1S/C14H14ClNO2/c1-2-18-14(16)13(17)11-5-3-4-9-6-7-10(15)8-12(9)11/h3-8,14H,2,16H2,1H3. The molecule has 0 aliphatic heterocycles. The number of carbonyl (C=O) groups is 1. The van der Waals surface area contributed by atoms with E-state index < -0.39 is 6.23 Å². The zero-order valence-corrected chi connectivity index (χ0v) is 10.8. The molecule has 0 heterocycles. The molecule has 0 radical (unpaired) electrons. The smallest absolute Gasteiger partial charge is 0.206 e. The molecule has 4 heteroatoms. The average Bonchev–Trinajstić information content (AvgIpc) is 2.37. The Morgan fingerprint density at radius 1 is 1.39 bits per heavy atom. The molecule has 0 aromatic heterocycles. The summed E-state index contributed by atoms with van der Waals surface area (Å²) < 4.78 is 5.13. The lowest BCUT2D eigenvalue weighted by Crippen LogP contribution is -2.33. The minimum atomic E-state index is -0.931. The van der Waals surface area contributed by atoms with Crippen molar-refractivity contribution in [3.8, 4) is 0 Å². The molecule has 3 nitrogen and oxygen atoms in total. The van der Waals surface area contributed by atoms with Crippen LogP contribution in [0.15, 0.2) is 36.4 Å². The number of Topliss-reactive ketones (excluding diaryl/α,β-unsaturated/α-hetero) is 1. The lowest BCUT2D eigenvalue weighted by atomic mass is 10.0. The second-order valence-electron chi connectivity index (χ2n) is 3.91. The largest absolute Gasteiger partial charge is 0.356 e. The highest BCUT2D eigenvalue weighted by Crippen LogP contribution is 2.23. The van der Waals surface area contributed by atoms with Gasteiger partial charge in [0.2, 0.25) is 5.78 Å². The van der Waals surface area contributed by atoms with E-state index in [0.717, 1.165) is 10.8 Å². The third-order valence-corrected chi connectivity index (χ3v) is 2.95. The zero-order chi connectivity index (χ0) is 13.1. The highest BCUT2D eigenvalue weighted by molar-refractivity contribution is 6.31. The molecule has 2 rings (SSSR count). The van der Waals surface area contributed by atoms with Gasteiger partial charge in [-0.1, -0.05) is 35.9 Å². The Bertz CT molecular complexity index is 583. The Hall–Kier alpha value is -1.42. The first kappa shape index (κ1) is 13.0. The minimum Gasteiger partial charge on any atom is -0.356 e. The van der Waals surface area contributed by atoms with Crippen molar-refractivity contribution in [2.45, 2.75) is 13.2 Å². The number of benzene rings is 2. The number of rotatable bonds is 4. The van der Waals surface area contributed by atoms with Gasteiger partial charge in [0.25, 0.3) is 0 Å². The van der Waals surface area contributed by atoms with Crippen LogP contribution in [0.3, 0.4) is 0 Å². The fraction of sp³-hybridized carbons (Fsp3) is 0.214. The maximum absolute atomic E-state index is 12.2. The van der Waals surface area contributed by atoms with Gasteiger partial charge in [-0.15, -0.1) is 0 Å². The fourth-order valence-electron chi connectivity index (χ4n) is 1.87. The normalized spacial score (nSPS) is 12.6. The van der Waals surface area contributed by atoms with E-state index in [-0.39, 0.29) is 5.78 Å². The molecule has 0 saturated carbocycles. The van der Waals surface area contributed by atoms with Crippen LogP contribution in [0.5, 0.6) is 0 Å². The molecule has 2 aromatic carbocycles. The average molecular weight is 264 g/mol. The van der Waals surface area contributed by atoms with Crippen molar-refractivity contribution in [2.24, 2.45) is 5.73 Å². The summed E-state index contributed by atoms with van der Waals surface area (Å²) in [4.78, 5) is 12.2. The summed E-state index contributed by atoms with van der Waals surface area (Å²) in [5, 5.41) is 2.34. The van der Waals surface area contributed by atoms with Gasteiger partial charge in [0.1, 0.15) is 0 Å². The van der Waals surface area contributed by atoms with Gasteiger partial charge >= 0.3 is 0 Å². The monoisotopic (exact) mass is 263 g/mol. The van der Waals surface area contributed by atoms with Gasteiger partial charge in [0, 0.05) is 17.2 Å². The van der Waals surface area contributed by atoms with Crippen LogP contribution in [-0.4, -0.2) is 18.6 Å². The SMILES string of the molecule is CCOC(N)C(=O)c1cccc2ccc(Cl)cc12. The minimum absolute atomic E-state index is 0.232. The summed E-state index contributed by atoms with van der Waals surface area (Å²) >= 11 is 5.96. The summed E-state index contributed by atoms with van der Waals surface area (Å²) in [6.45, 7) is 2.20. The van der Waals surface area contributed by atoms with Crippen LogP contribution in [-0.2, 0) is 4.74 Å². The third kappa shape index (κ3) is 2.53. The number of hydrogen-bond acceptors (Lipinski definition) is 3. The Balaban J connectivity index is 2.50. The van der Waals surface area contributed by atoms with Gasteiger partial charge in [-0.2, -0.15) is 0 Å². The molecule has 1 unspecified atom stereocenters. The van der Waals surface area contributed by atoms with Gasteiger partial charge in [0.15, 0.2) is 6.23 Å². The number of ketones is 1. The molecule has 0 aliphatic carbocycles. The number of carbonyl (C=O) groups excluding carboxylic acids is 1. The molecule has 0 bridgehead atoms. The number of halogens is 1. The first-order valence-corrected chi connectivity index (χ1v) is 6.11. The Morgan fingerprint density at radius 2 is 2.17 bits per heavy atom. The maximum atomic E-state index is 12.2. The summed E-state index contributed by atoms with van der Waals surface area (Å²) in [7, 11) is 0. The number of nitrogens with two attached hydrogens (primary N) is 1. The van der Waals surface area contributed by atoms with E-state index in [2.05, 4.69) is 0 Å². The molecule has 18 heavy (non-hydrogen) atoms. The van der Waals surface area contributed by atoms with Crippen molar-refractivity contribution in [2.75, 3.05) is 6.61 Å². The lowest BCUT2D eigenvalue weighted by molar-refractivity contribution is 0.0481. The number of hydrogen-bond donors (Lipinski definition) is 1. The predicted octanol–water partition coefficient (Wildman–Crippen LogP) is 3.00. The lowest BCUT2D eigenvalue weighted by Gasteiger charge is -2.12. The quantitative estimate of drug-likeness (QED) is 0.681. The summed E-state index contributed by atoms with van der Waals surface area (Å²) in [6, 6.07) is 10.9. The molecule has 0 spiro atoms. The predicted molar refractivity (Wildman–Crippen MR) is 72.9 cm³/mol. The molecular weight excluding hydrogens is 250 g/mol. The van der Waals surface area contributed by atoms with Crippen molar-refractivity contribution < 1.29 is 9.53 Å². The van der Waals surface area contributed by atoms with E-state index in [1.807, 2.05) is 18.2 Å². The highest BCUT2D eigenvalue weighted by atomic mass is 35.5. The van der Waals surface area contributed by atoms with Crippen LogP contribution < -0.4 is 5.73 Å². The second kappa shape index (κ2) is 5.48. The van der Waals surface area contributed by atoms with E-state index in [1.165, 1.54) is 0 Å². The Morgan fingerprint density at radius 3 is 2.89 bits per heavy atom. The first-order valence-electron chi connectivity index (χ1n) is 5.73. The van der Waals surface area contributed by atoms with Crippen molar-refractivity contribution >= 4 is 28.2 Å². The van der Waals surface area contributed by atoms with Gasteiger partial charge in [0.05, 0.1) is 0 Å². The summed E-state index contributed by atoms with van der Waals surface area (Å²) in [6.07, 6.45) is -0.931. The van der Waals surface area contributed by atoms with Crippen LogP contribution >= 0.6 is 11.6 Å². The molecule has 0 fully saturated rings. The van der Waals surface area contributed by atoms with Crippen molar-refractivity contribution in [1.82, 2.24) is 0 Å². The van der Waals surface area contributed by atoms with E-state index in [4.69, 9.17) is 22.1 Å². The number of fused-ring (bicyclic) bond motifs is 1. The summed E-state index contributed by atoms with van der Waals surface area (Å²) in [5.41, 5.74) is 6.22. The van der Waals surface area contributed by atoms with E-state index in [1.54, 1.807) is 25.1 Å². The molecule has 0 aliphatic rings. The van der Waals surface area contributed by atoms with Crippen LogP contribution in [0.2, 0.25) is 5.02 Å². The van der Waals surface area contributed by atoms with E-state index in [9.17, 15) is 4.79 Å². The van der Waals surface area contributed by atoms with Gasteiger partial charge < -0.3 is 4.74 Å². The zero-order valence-electron chi connectivity index (χ0n) is 10.0. The third-order valence-electron chi connectivity index (χ3n) is 2.71. The van der Waals surface area contributed by atoms with Crippen LogP contribution in [0.25, 0.3) is 10.8 Å². The van der Waals surface area contributed by atoms with E-state index >= 15 is 0 Å². The van der Waals surface area contributed by atoms with Crippen molar-refractivity contribution in [1.29, 1.82) is 0 Å². The fourth-order valence-corrected chi connectivity index (χ4v) is 2.04. The molecule has 1 atom stereocenters. The second-order valence-corrected chi connectivity index (χ2v) is 4.35. The van der Waals surface area contributed by atoms with Crippen LogP contribution in [0, 0.1) is 0 Å². The van der Waals surface area contributed by atoms with Crippen molar-refractivity contribution in [3.63, 3.8) is 0 Å². The maximum Gasteiger partial charge on any atom is 0.206 e. The first-order chi connectivity index (χ1) is 8.63. The van der Waals surface area contributed by atoms with Gasteiger partial charge in [-0.05, 0) is 29.8 Å². The van der Waals surface area contributed by atoms with Gasteiger partial charge in [-0.3, -0.25) is 10.5 Å². The molecule has 0 amide bonds. The van der Waals surface area contributed by atoms with E-state index in [0.29, 0.717) is 17.2 Å².